The van der Waals surface area contributed by atoms with Crippen molar-refractivity contribution in [2.45, 2.75) is 46.2 Å². The van der Waals surface area contributed by atoms with Crippen molar-refractivity contribution in [1.29, 1.82) is 0 Å². The highest BCUT2D eigenvalue weighted by Crippen LogP contribution is 2.17. The van der Waals surface area contributed by atoms with Gasteiger partial charge in [-0.1, -0.05) is 6.92 Å². The lowest BCUT2D eigenvalue weighted by Crippen LogP contribution is -2.47. The molecule has 1 heterocycles. The molecule has 1 aromatic heterocycles. The van der Waals surface area contributed by atoms with Gasteiger partial charge in [-0.15, -0.1) is 11.3 Å². The van der Waals surface area contributed by atoms with Crippen LogP contribution in [-0.4, -0.2) is 27.6 Å². The number of nitrogens with zero attached hydrogens (tertiary/aromatic N) is 1. The molecular formula is C12H19N3O3S. The number of nitrogens with one attached hydrogen (secondary N) is 2. The predicted molar refractivity (Wildman–Crippen MR) is 73.6 cm³/mol. The number of urea groups is 1. The first kappa shape index (κ1) is 15.4. The van der Waals surface area contributed by atoms with Crippen molar-refractivity contribution >= 4 is 23.3 Å². The Bertz CT molecular complexity index is 483. The van der Waals surface area contributed by atoms with E-state index in [1.165, 1.54) is 0 Å². The second-order valence-electron chi connectivity index (χ2n) is 4.87. The molecule has 0 atom stereocenters. The van der Waals surface area contributed by atoms with Gasteiger partial charge in [-0.3, -0.25) is 0 Å². The maximum Gasteiger partial charge on any atom is 0.347 e. The summed E-state index contributed by atoms with van der Waals surface area (Å²) in [6.45, 7) is 7.73. The lowest BCUT2D eigenvalue weighted by molar-refractivity contribution is 0.0701. The van der Waals surface area contributed by atoms with Crippen LogP contribution in [0.4, 0.5) is 4.79 Å². The molecule has 0 aromatic carbocycles. The summed E-state index contributed by atoms with van der Waals surface area (Å²) in [6.07, 6.45) is 0.819. The number of aryl methyl sites for hydroxylation is 1. The molecule has 2 amide bonds. The van der Waals surface area contributed by atoms with Gasteiger partial charge in [0.05, 0.1) is 12.2 Å². The zero-order valence-electron chi connectivity index (χ0n) is 11.5. The minimum atomic E-state index is -0.988. The number of carboxylic acid groups (broad SMARTS) is 1. The summed E-state index contributed by atoms with van der Waals surface area (Å²) in [7, 11) is 0. The van der Waals surface area contributed by atoms with Crippen LogP contribution in [-0.2, 0) is 6.54 Å². The van der Waals surface area contributed by atoms with Crippen LogP contribution in [0.2, 0.25) is 0 Å². The number of carbonyl (C=O) groups excluding carboxylic acids is 1. The first-order valence-electron chi connectivity index (χ1n) is 6.01. The molecule has 0 aliphatic heterocycles. The van der Waals surface area contributed by atoms with Crippen LogP contribution < -0.4 is 10.6 Å². The summed E-state index contributed by atoms with van der Waals surface area (Å²) in [6, 6.07) is -0.281. The summed E-state index contributed by atoms with van der Waals surface area (Å²) in [5.41, 5.74) is 0.207. The smallest absolute Gasteiger partial charge is 0.347 e. The Balaban J connectivity index is 2.56. The van der Waals surface area contributed by atoms with Crippen LogP contribution in [0, 0.1) is 6.92 Å². The number of aromatic carboxylic acids is 1. The number of amides is 2. The number of carbonyl (C=O) groups is 2. The second-order valence-corrected chi connectivity index (χ2v) is 5.96. The van der Waals surface area contributed by atoms with Crippen molar-refractivity contribution in [2.75, 3.05) is 0 Å². The fourth-order valence-corrected chi connectivity index (χ4v) is 2.17. The van der Waals surface area contributed by atoms with E-state index in [9.17, 15) is 9.59 Å². The summed E-state index contributed by atoms with van der Waals surface area (Å²) in [5, 5.41) is 15.0. The van der Waals surface area contributed by atoms with Gasteiger partial charge < -0.3 is 15.7 Å². The lowest BCUT2D eigenvalue weighted by atomic mass is 10.0. The van der Waals surface area contributed by atoms with Crippen molar-refractivity contribution in [3.63, 3.8) is 0 Å². The van der Waals surface area contributed by atoms with Gasteiger partial charge in [-0.05, 0) is 27.2 Å². The topological polar surface area (TPSA) is 91.3 Å². The van der Waals surface area contributed by atoms with E-state index in [0.29, 0.717) is 10.7 Å². The zero-order chi connectivity index (χ0) is 14.6. The van der Waals surface area contributed by atoms with Crippen molar-refractivity contribution in [3.8, 4) is 0 Å². The molecule has 3 N–H and O–H groups in total. The fourth-order valence-electron chi connectivity index (χ4n) is 1.32. The lowest BCUT2D eigenvalue weighted by Gasteiger charge is -2.24. The number of rotatable bonds is 5. The fraction of sp³-hybridized carbons (Fsp3) is 0.583. The first-order valence-corrected chi connectivity index (χ1v) is 6.82. The van der Waals surface area contributed by atoms with Crippen LogP contribution in [0.5, 0.6) is 0 Å². The molecule has 0 aliphatic rings. The highest BCUT2D eigenvalue weighted by Gasteiger charge is 2.18. The summed E-state index contributed by atoms with van der Waals surface area (Å²) >= 11 is 1.08. The van der Waals surface area contributed by atoms with Crippen molar-refractivity contribution in [3.05, 3.63) is 15.6 Å². The molecule has 0 unspecified atom stereocenters. The first-order chi connectivity index (χ1) is 8.75. The van der Waals surface area contributed by atoms with E-state index < -0.39 is 5.97 Å². The maximum absolute atomic E-state index is 11.7. The summed E-state index contributed by atoms with van der Waals surface area (Å²) < 4.78 is 0. The van der Waals surface area contributed by atoms with Gasteiger partial charge in [0.25, 0.3) is 0 Å². The normalized spacial score (nSPS) is 11.2. The van der Waals surface area contributed by atoms with E-state index in [1.807, 2.05) is 20.8 Å². The van der Waals surface area contributed by atoms with E-state index in [2.05, 4.69) is 15.6 Å². The maximum atomic E-state index is 11.7. The Morgan fingerprint density at radius 2 is 2.05 bits per heavy atom. The Morgan fingerprint density at radius 3 is 2.53 bits per heavy atom. The molecule has 0 bridgehead atoms. The number of carboxylic acids is 1. The minimum Gasteiger partial charge on any atom is -0.477 e. The summed E-state index contributed by atoms with van der Waals surface area (Å²) in [4.78, 5) is 26.9. The molecule has 0 spiro atoms. The monoisotopic (exact) mass is 285 g/mol. The number of hydrogen-bond acceptors (Lipinski definition) is 4. The Morgan fingerprint density at radius 1 is 1.42 bits per heavy atom. The predicted octanol–water partition coefficient (Wildman–Crippen LogP) is 2.14. The number of thiazole rings is 1. The van der Waals surface area contributed by atoms with Crippen LogP contribution in [0.1, 0.15) is 47.6 Å². The molecule has 0 radical (unpaired) electrons. The molecule has 0 saturated heterocycles. The standard InChI is InChI=1S/C12H19N3O3S/c1-5-12(3,4)15-11(18)13-6-8-14-7(2)9(19-8)10(16)17/h5-6H2,1-4H3,(H,16,17)(H2,13,15,18). The van der Waals surface area contributed by atoms with Crippen molar-refractivity contribution in [2.24, 2.45) is 0 Å². The molecule has 19 heavy (non-hydrogen) atoms. The van der Waals surface area contributed by atoms with Crippen LogP contribution >= 0.6 is 11.3 Å². The van der Waals surface area contributed by atoms with Crippen molar-refractivity contribution < 1.29 is 14.7 Å². The molecule has 0 fully saturated rings. The van der Waals surface area contributed by atoms with Crippen LogP contribution in [0.15, 0.2) is 0 Å². The Hall–Kier alpha value is -1.63. The highest BCUT2D eigenvalue weighted by molar-refractivity contribution is 7.13. The Kier molecular flexibility index (Phi) is 4.88. The van der Waals surface area contributed by atoms with E-state index >= 15 is 0 Å². The van der Waals surface area contributed by atoms with E-state index in [-0.39, 0.29) is 23.0 Å². The number of aromatic nitrogens is 1. The quantitative estimate of drug-likeness (QED) is 0.773. The van der Waals surface area contributed by atoms with Gasteiger partial charge in [0.2, 0.25) is 0 Å². The third-order valence-corrected chi connectivity index (χ3v) is 3.92. The molecular weight excluding hydrogens is 266 g/mol. The van der Waals surface area contributed by atoms with Gasteiger partial charge in [0.15, 0.2) is 0 Å². The third-order valence-electron chi connectivity index (χ3n) is 2.77. The largest absolute Gasteiger partial charge is 0.477 e. The van der Waals surface area contributed by atoms with E-state index in [4.69, 9.17) is 5.11 Å². The summed E-state index contributed by atoms with van der Waals surface area (Å²) in [5.74, 6) is -0.988. The van der Waals surface area contributed by atoms with Gasteiger partial charge in [0, 0.05) is 5.54 Å². The molecule has 6 nitrogen and oxygen atoms in total. The molecule has 7 heteroatoms. The van der Waals surface area contributed by atoms with Crippen LogP contribution in [0.25, 0.3) is 0 Å². The molecule has 0 saturated carbocycles. The van der Waals surface area contributed by atoms with Gasteiger partial charge in [-0.2, -0.15) is 0 Å². The SMILES string of the molecule is CCC(C)(C)NC(=O)NCc1nc(C)c(C(=O)O)s1. The molecule has 0 aliphatic carbocycles. The minimum absolute atomic E-state index is 0.214. The molecule has 106 valence electrons. The average Bonchev–Trinajstić information content (AvgIpc) is 2.67. The molecule has 1 aromatic rings. The average molecular weight is 285 g/mol. The van der Waals surface area contributed by atoms with E-state index in [0.717, 1.165) is 17.8 Å². The zero-order valence-corrected chi connectivity index (χ0v) is 12.3. The van der Waals surface area contributed by atoms with E-state index in [1.54, 1.807) is 6.92 Å². The molecule has 1 rings (SSSR count). The van der Waals surface area contributed by atoms with Gasteiger partial charge in [0.1, 0.15) is 9.88 Å². The second kappa shape index (κ2) is 6.01. The van der Waals surface area contributed by atoms with Crippen LogP contribution in [0.3, 0.4) is 0 Å². The van der Waals surface area contributed by atoms with Gasteiger partial charge >= 0.3 is 12.0 Å². The van der Waals surface area contributed by atoms with Gasteiger partial charge in [-0.25, -0.2) is 14.6 Å². The Labute approximate surface area is 116 Å². The highest BCUT2D eigenvalue weighted by atomic mass is 32.1. The van der Waals surface area contributed by atoms with Crippen molar-refractivity contribution in [1.82, 2.24) is 15.6 Å². The number of hydrogen-bond donors (Lipinski definition) is 3. The third kappa shape index (κ3) is 4.51.